The fourth-order valence-electron chi connectivity index (χ4n) is 2.47. The van der Waals surface area contributed by atoms with Crippen molar-refractivity contribution in [3.63, 3.8) is 0 Å². The molecule has 0 amide bonds. The van der Waals surface area contributed by atoms with E-state index in [0.29, 0.717) is 17.7 Å². The van der Waals surface area contributed by atoms with E-state index in [1.807, 2.05) is 41.0 Å². The van der Waals surface area contributed by atoms with E-state index in [1.165, 1.54) is 0 Å². The predicted molar refractivity (Wildman–Crippen MR) is 91.1 cm³/mol. The second-order valence-corrected chi connectivity index (χ2v) is 5.17. The number of hydrogen-bond donors (Lipinski definition) is 2. The van der Waals surface area contributed by atoms with Crippen LogP contribution in [0.25, 0.3) is 17.0 Å². The average molecular weight is 318 g/mol. The van der Waals surface area contributed by atoms with E-state index in [1.54, 1.807) is 19.3 Å². The SMILES string of the molecule is Cc1nc(N)nc(-n2c(Nc3cccnc3)nc3ccccc32)n1. The zero-order chi connectivity index (χ0) is 16.5. The number of hydrogen-bond acceptors (Lipinski definition) is 7. The molecule has 0 fully saturated rings. The zero-order valence-corrected chi connectivity index (χ0v) is 12.9. The minimum Gasteiger partial charge on any atom is -0.368 e. The molecule has 3 aromatic heterocycles. The number of nitrogens with one attached hydrogen (secondary N) is 1. The van der Waals surface area contributed by atoms with Gasteiger partial charge in [0, 0.05) is 6.20 Å². The van der Waals surface area contributed by atoms with E-state index in [4.69, 9.17) is 5.73 Å². The summed E-state index contributed by atoms with van der Waals surface area (Å²) in [7, 11) is 0. The Balaban J connectivity index is 1.93. The van der Waals surface area contributed by atoms with Crippen LogP contribution in [0.1, 0.15) is 5.82 Å². The molecule has 0 saturated heterocycles. The van der Waals surface area contributed by atoms with Crippen molar-refractivity contribution in [1.29, 1.82) is 0 Å². The van der Waals surface area contributed by atoms with Crippen LogP contribution in [0.5, 0.6) is 0 Å². The maximum Gasteiger partial charge on any atom is 0.242 e. The molecule has 8 heteroatoms. The summed E-state index contributed by atoms with van der Waals surface area (Å²) in [5.41, 5.74) is 8.29. The molecule has 0 aliphatic carbocycles. The Morgan fingerprint density at radius 1 is 1.00 bits per heavy atom. The van der Waals surface area contributed by atoms with Crippen molar-refractivity contribution in [3.8, 4) is 5.95 Å². The number of rotatable bonds is 3. The Bertz CT molecular complexity index is 989. The van der Waals surface area contributed by atoms with Crippen molar-refractivity contribution in [2.45, 2.75) is 6.92 Å². The summed E-state index contributed by atoms with van der Waals surface area (Å²) in [6.07, 6.45) is 3.43. The van der Waals surface area contributed by atoms with E-state index >= 15 is 0 Å². The molecule has 3 N–H and O–H groups in total. The number of nitrogen functional groups attached to an aromatic ring is 1. The number of para-hydroxylation sites is 2. The smallest absolute Gasteiger partial charge is 0.242 e. The van der Waals surface area contributed by atoms with Gasteiger partial charge >= 0.3 is 0 Å². The molecule has 0 atom stereocenters. The molecular weight excluding hydrogens is 304 g/mol. The van der Waals surface area contributed by atoms with Gasteiger partial charge in [0.15, 0.2) is 0 Å². The third kappa shape index (κ3) is 2.50. The maximum atomic E-state index is 5.79. The van der Waals surface area contributed by atoms with Crippen LogP contribution in [0.3, 0.4) is 0 Å². The van der Waals surface area contributed by atoms with Crippen LogP contribution < -0.4 is 11.1 Å². The molecule has 0 radical (unpaired) electrons. The van der Waals surface area contributed by atoms with E-state index < -0.39 is 0 Å². The third-order valence-electron chi connectivity index (χ3n) is 3.43. The van der Waals surface area contributed by atoms with Gasteiger partial charge in [-0.25, -0.2) is 9.55 Å². The topological polar surface area (TPSA) is 107 Å². The van der Waals surface area contributed by atoms with Crippen molar-refractivity contribution >= 4 is 28.6 Å². The first-order valence-electron chi connectivity index (χ1n) is 7.34. The first-order chi connectivity index (χ1) is 11.7. The maximum absolute atomic E-state index is 5.79. The number of pyridine rings is 1. The summed E-state index contributed by atoms with van der Waals surface area (Å²) in [6, 6.07) is 11.5. The highest BCUT2D eigenvalue weighted by Crippen LogP contribution is 2.25. The monoisotopic (exact) mass is 318 g/mol. The summed E-state index contributed by atoms with van der Waals surface area (Å²) >= 11 is 0. The molecule has 4 aromatic rings. The lowest BCUT2D eigenvalue weighted by Crippen LogP contribution is -2.10. The quantitative estimate of drug-likeness (QED) is 0.596. The minimum atomic E-state index is 0.169. The lowest BCUT2D eigenvalue weighted by Gasteiger charge is -2.09. The second-order valence-electron chi connectivity index (χ2n) is 5.17. The molecule has 1 aromatic carbocycles. The number of aromatic nitrogens is 6. The molecule has 24 heavy (non-hydrogen) atoms. The van der Waals surface area contributed by atoms with Gasteiger partial charge in [-0.3, -0.25) is 4.98 Å². The fourth-order valence-corrected chi connectivity index (χ4v) is 2.47. The molecular formula is C16H14N8. The highest BCUT2D eigenvalue weighted by Gasteiger charge is 2.15. The first-order valence-corrected chi connectivity index (χ1v) is 7.34. The van der Waals surface area contributed by atoms with Crippen molar-refractivity contribution < 1.29 is 0 Å². The molecule has 8 nitrogen and oxygen atoms in total. The number of anilines is 3. The molecule has 3 heterocycles. The van der Waals surface area contributed by atoms with Crippen molar-refractivity contribution in [1.82, 2.24) is 29.5 Å². The third-order valence-corrected chi connectivity index (χ3v) is 3.43. The molecule has 0 bridgehead atoms. The van der Waals surface area contributed by atoms with Gasteiger partial charge in [0.25, 0.3) is 0 Å². The van der Waals surface area contributed by atoms with Crippen molar-refractivity contribution in [3.05, 3.63) is 54.6 Å². The van der Waals surface area contributed by atoms with E-state index in [0.717, 1.165) is 16.7 Å². The lowest BCUT2D eigenvalue weighted by atomic mass is 10.3. The van der Waals surface area contributed by atoms with Crippen LogP contribution in [0.15, 0.2) is 48.8 Å². The van der Waals surface area contributed by atoms with Crippen molar-refractivity contribution in [2.75, 3.05) is 11.1 Å². The Morgan fingerprint density at radius 3 is 2.67 bits per heavy atom. The van der Waals surface area contributed by atoms with Gasteiger partial charge in [-0.05, 0) is 31.2 Å². The normalized spacial score (nSPS) is 10.9. The Kier molecular flexibility index (Phi) is 3.27. The van der Waals surface area contributed by atoms with Gasteiger partial charge in [-0.15, -0.1) is 0 Å². The summed E-state index contributed by atoms with van der Waals surface area (Å²) in [6.45, 7) is 1.77. The average Bonchev–Trinajstić information content (AvgIpc) is 2.92. The Labute approximate surface area is 137 Å². The van der Waals surface area contributed by atoms with Crippen LogP contribution >= 0.6 is 0 Å². The molecule has 0 aliphatic rings. The summed E-state index contributed by atoms with van der Waals surface area (Å²) in [4.78, 5) is 21.4. The van der Waals surface area contributed by atoms with Crippen LogP contribution in [0.2, 0.25) is 0 Å². The molecule has 0 unspecified atom stereocenters. The molecule has 4 rings (SSSR count). The molecule has 0 aliphatic heterocycles. The number of imidazole rings is 1. The van der Waals surface area contributed by atoms with Gasteiger partial charge in [0.2, 0.25) is 17.8 Å². The number of nitrogens with two attached hydrogens (primary N) is 1. The lowest BCUT2D eigenvalue weighted by molar-refractivity contribution is 0.894. The van der Waals surface area contributed by atoms with Gasteiger partial charge in [-0.1, -0.05) is 12.1 Å². The van der Waals surface area contributed by atoms with Crippen LogP contribution in [-0.2, 0) is 0 Å². The van der Waals surface area contributed by atoms with Gasteiger partial charge in [0.05, 0.1) is 22.9 Å². The minimum absolute atomic E-state index is 0.169. The first kappa shape index (κ1) is 14.1. The van der Waals surface area contributed by atoms with E-state index in [9.17, 15) is 0 Å². The number of fused-ring (bicyclic) bond motifs is 1. The standard InChI is InChI=1S/C16H14N8/c1-10-19-14(17)23-15(20-10)24-13-7-3-2-6-12(13)22-16(24)21-11-5-4-8-18-9-11/h2-9H,1H3,(H,21,22)(H2,17,19,20,23). The van der Waals surface area contributed by atoms with Crippen LogP contribution in [-0.4, -0.2) is 29.5 Å². The summed E-state index contributed by atoms with van der Waals surface area (Å²) in [5.74, 6) is 1.71. The highest BCUT2D eigenvalue weighted by molar-refractivity contribution is 5.81. The number of benzene rings is 1. The second kappa shape index (κ2) is 5.58. The van der Waals surface area contributed by atoms with E-state index in [2.05, 4.69) is 30.2 Å². The Morgan fingerprint density at radius 2 is 1.88 bits per heavy atom. The number of aryl methyl sites for hydroxylation is 1. The Hall–Kier alpha value is -3.55. The molecule has 118 valence electrons. The van der Waals surface area contributed by atoms with Crippen LogP contribution in [0, 0.1) is 6.92 Å². The predicted octanol–water partition coefficient (Wildman–Crippen LogP) is 2.24. The van der Waals surface area contributed by atoms with Gasteiger partial charge in [0.1, 0.15) is 5.82 Å². The van der Waals surface area contributed by atoms with E-state index in [-0.39, 0.29) is 5.95 Å². The van der Waals surface area contributed by atoms with Crippen LogP contribution in [0.4, 0.5) is 17.6 Å². The zero-order valence-electron chi connectivity index (χ0n) is 12.9. The van der Waals surface area contributed by atoms with Crippen molar-refractivity contribution in [2.24, 2.45) is 0 Å². The van der Waals surface area contributed by atoms with Gasteiger partial charge < -0.3 is 11.1 Å². The summed E-state index contributed by atoms with van der Waals surface area (Å²) in [5, 5.41) is 3.25. The largest absolute Gasteiger partial charge is 0.368 e. The summed E-state index contributed by atoms with van der Waals surface area (Å²) < 4.78 is 1.81. The highest BCUT2D eigenvalue weighted by atomic mass is 15.3. The molecule has 0 spiro atoms. The molecule has 0 saturated carbocycles. The fraction of sp³-hybridized carbons (Fsp3) is 0.0625. The number of nitrogens with zero attached hydrogens (tertiary/aromatic N) is 6. The van der Waals surface area contributed by atoms with Gasteiger partial charge in [-0.2, -0.15) is 15.0 Å².